The highest BCUT2D eigenvalue weighted by Crippen LogP contribution is 2.22. The predicted octanol–water partition coefficient (Wildman–Crippen LogP) is 3.61. The first-order chi connectivity index (χ1) is 15.0. The number of furan rings is 1. The van der Waals surface area contributed by atoms with Gasteiger partial charge in [0.25, 0.3) is 5.91 Å². The van der Waals surface area contributed by atoms with Crippen LogP contribution in [0.15, 0.2) is 46.0 Å². The molecule has 2 aromatic rings. The lowest BCUT2D eigenvalue weighted by atomic mass is 10.2. The van der Waals surface area contributed by atoms with Gasteiger partial charge in [0, 0.05) is 39.1 Å². The number of carbonyl (C=O) groups excluding carboxylic acids is 2. The van der Waals surface area contributed by atoms with Crippen molar-refractivity contribution in [2.24, 2.45) is 4.99 Å². The number of guanidine groups is 1. The molecule has 32 heavy (non-hydrogen) atoms. The van der Waals surface area contributed by atoms with Gasteiger partial charge in [-0.05, 0) is 43.7 Å². The number of nitrogens with zero attached hydrogens (tertiary/aromatic N) is 3. The summed E-state index contributed by atoms with van der Waals surface area (Å²) in [6.07, 6.45) is 1.75. The van der Waals surface area contributed by atoms with Crippen LogP contribution in [-0.2, 0) is 4.79 Å². The zero-order chi connectivity index (χ0) is 22.2. The topological polar surface area (TPSA) is 90.2 Å². The molecule has 2 N–H and O–H groups in total. The number of piperazine rings is 1. The summed E-state index contributed by atoms with van der Waals surface area (Å²) < 4.78 is 5.21. The Morgan fingerprint density at radius 2 is 1.88 bits per heavy atom. The van der Waals surface area contributed by atoms with Crippen LogP contribution in [0, 0.1) is 6.92 Å². The number of amides is 2. The van der Waals surface area contributed by atoms with E-state index in [0.29, 0.717) is 49.2 Å². The third-order valence-electron chi connectivity index (χ3n) is 4.93. The lowest BCUT2D eigenvalue weighted by molar-refractivity contribution is -0.116. The van der Waals surface area contributed by atoms with Crippen molar-refractivity contribution in [2.45, 2.75) is 20.3 Å². The van der Waals surface area contributed by atoms with Crippen LogP contribution in [0.25, 0.3) is 0 Å². The standard InChI is InChI=1S/C22H28ClN5O3.HI/c1-3-24-22(25-9-8-20(29)26-18-7-6-16(2)15-17(18)23)28-12-10-27(11-13-28)21(30)19-5-4-14-31-19;/h4-7,14-15H,3,8-13H2,1-2H3,(H,24,25)(H,26,29);1H. The fourth-order valence-electron chi connectivity index (χ4n) is 3.30. The van der Waals surface area contributed by atoms with E-state index in [0.717, 1.165) is 18.1 Å². The molecule has 1 aliphatic rings. The van der Waals surface area contributed by atoms with Gasteiger partial charge in [0.1, 0.15) is 0 Å². The van der Waals surface area contributed by atoms with Gasteiger partial charge in [-0.25, -0.2) is 0 Å². The van der Waals surface area contributed by atoms with Crippen LogP contribution < -0.4 is 10.6 Å². The molecule has 1 saturated heterocycles. The molecule has 3 rings (SSSR count). The molecule has 0 aliphatic carbocycles. The van der Waals surface area contributed by atoms with Crippen LogP contribution in [-0.4, -0.2) is 66.8 Å². The number of hydrogen-bond acceptors (Lipinski definition) is 4. The molecule has 1 aromatic carbocycles. The lowest BCUT2D eigenvalue weighted by Crippen LogP contribution is -2.53. The van der Waals surface area contributed by atoms with Crippen LogP contribution >= 0.6 is 35.6 Å². The van der Waals surface area contributed by atoms with Gasteiger partial charge in [-0.2, -0.15) is 0 Å². The highest BCUT2D eigenvalue weighted by molar-refractivity contribution is 14.0. The Hall–Kier alpha value is -2.27. The van der Waals surface area contributed by atoms with E-state index in [-0.39, 0.29) is 42.2 Å². The molecular formula is C22H29ClIN5O3. The zero-order valence-electron chi connectivity index (χ0n) is 18.3. The van der Waals surface area contributed by atoms with E-state index in [9.17, 15) is 9.59 Å². The monoisotopic (exact) mass is 573 g/mol. The van der Waals surface area contributed by atoms with E-state index >= 15 is 0 Å². The van der Waals surface area contributed by atoms with Crippen molar-refractivity contribution in [1.29, 1.82) is 0 Å². The quantitative estimate of drug-likeness (QED) is 0.313. The number of anilines is 1. The Bertz CT molecular complexity index is 928. The molecule has 0 atom stereocenters. The minimum Gasteiger partial charge on any atom is -0.459 e. The minimum atomic E-state index is -0.140. The highest BCUT2D eigenvalue weighted by atomic mass is 127. The maximum absolute atomic E-state index is 12.4. The van der Waals surface area contributed by atoms with Gasteiger partial charge in [0.05, 0.1) is 23.5 Å². The van der Waals surface area contributed by atoms with Crippen LogP contribution in [0.3, 0.4) is 0 Å². The Morgan fingerprint density at radius 1 is 1.16 bits per heavy atom. The molecule has 1 aromatic heterocycles. The van der Waals surface area contributed by atoms with E-state index in [2.05, 4.69) is 20.5 Å². The van der Waals surface area contributed by atoms with E-state index in [1.165, 1.54) is 6.26 Å². The summed E-state index contributed by atoms with van der Waals surface area (Å²) in [5.41, 5.74) is 1.64. The summed E-state index contributed by atoms with van der Waals surface area (Å²) in [6.45, 7) is 7.48. The molecule has 2 heterocycles. The van der Waals surface area contributed by atoms with Crippen molar-refractivity contribution in [3.05, 3.63) is 52.9 Å². The zero-order valence-corrected chi connectivity index (χ0v) is 21.4. The summed E-state index contributed by atoms with van der Waals surface area (Å²) in [5, 5.41) is 6.61. The Morgan fingerprint density at radius 3 is 2.50 bits per heavy atom. The second-order valence-electron chi connectivity index (χ2n) is 7.27. The Kier molecular flexibility index (Phi) is 10.3. The van der Waals surface area contributed by atoms with Crippen LogP contribution in [0.4, 0.5) is 5.69 Å². The molecule has 1 fully saturated rings. The normalized spacial score (nSPS) is 14.0. The third kappa shape index (κ3) is 7.13. The number of rotatable bonds is 6. The Balaban J connectivity index is 0.00000363. The van der Waals surface area contributed by atoms with Gasteiger partial charge in [0.2, 0.25) is 5.91 Å². The summed E-state index contributed by atoms with van der Waals surface area (Å²) in [7, 11) is 0. The average Bonchev–Trinajstić information content (AvgIpc) is 3.30. The van der Waals surface area contributed by atoms with Gasteiger partial charge in [-0.15, -0.1) is 24.0 Å². The van der Waals surface area contributed by atoms with Crippen molar-refractivity contribution in [2.75, 3.05) is 44.6 Å². The van der Waals surface area contributed by atoms with Crippen molar-refractivity contribution in [3.8, 4) is 0 Å². The first-order valence-corrected chi connectivity index (χ1v) is 10.8. The maximum atomic E-state index is 12.4. The van der Waals surface area contributed by atoms with Gasteiger partial charge in [0.15, 0.2) is 11.7 Å². The number of halogens is 2. The molecule has 10 heteroatoms. The number of hydrogen-bond donors (Lipinski definition) is 2. The molecule has 8 nitrogen and oxygen atoms in total. The molecule has 0 unspecified atom stereocenters. The van der Waals surface area contributed by atoms with E-state index in [4.69, 9.17) is 16.0 Å². The van der Waals surface area contributed by atoms with E-state index in [1.807, 2.05) is 26.0 Å². The molecule has 2 amide bonds. The Labute approximate surface area is 210 Å². The van der Waals surface area contributed by atoms with Crippen molar-refractivity contribution >= 4 is 59.0 Å². The predicted molar refractivity (Wildman–Crippen MR) is 137 cm³/mol. The SMILES string of the molecule is CCNC(=NCCC(=O)Nc1ccc(C)cc1Cl)N1CCN(C(=O)c2ccco2)CC1.I. The van der Waals surface area contributed by atoms with E-state index < -0.39 is 0 Å². The minimum absolute atomic E-state index is 0. The van der Waals surface area contributed by atoms with Gasteiger partial charge in [-0.1, -0.05) is 17.7 Å². The second-order valence-corrected chi connectivity index (χ2v) is 7.68. The molecule has 0 bridgehead atoms. The fourth-order valence-corrected chi connectivity index (χ4v) is 3.58. The molecular weight excluding hydrogens is 545 g/mol. The summed E-state index contributed by atoms with van der Waals surface area (Å²) >= 11 is 6.17. The summed E-state index contributed by atoms with van der Waals surface area (Å²) in [4.78, 5) is 33.2. The second kappa shape index (κ2) is 12.7. The summed E-state index contributed by atoms with van der Waals surface area (Å²) in [6, 6.07) is 8.90. The van der Waals surface area contributed by atoms with Gasteiger partial charge < -0.3 is 24.9 Å². The molecule has 1 aliphatic heterocycles. The molecule has 0 saturated carbocycles. The summed E-state index contributed by atoms with van der Waals surface area (Å²) in [5.74, 6) is 0.861. The largest absolute Gasteiger partial charge is 0.459 e. The molecule has 0 radical (unpaired) electrons. The van der Waals surface area contributed by atoms with Crippen molar-refractivity contribution in [1.82, 2.24) is 15.1 Å². The first-order valence-electron chi connectivity index (χ1n) is 10.4. The lowest BCUT2D eigenvalue weighted by Gasteiger charge is -2.36. The molecule has 0 spiro atoms. The number of aliphatic imine (C=N–C) groups is 1. The smallest absolute Gasteiger partial charge is 0.289 e. The third-order valence-corrected chi connectivity index (χ3v) is 5.25. The number of aryl methyl sites for hydroxylation is 1. The van der Waals surface area contributed by atoms with Crippen LogP contribution in [0.2, 0.25) is 5.02 Å². The van der Waals surface area contributed by atoms with Crippen molar-refractivity contribution in [3.63, 3.8) is 0 Å². The fraction of sp³-hybridized carbons (Fsp3) is 0.409. The van der Waals surface area contributed by atoms with Gasteiger partial charge >= 0.3 is 0 Å². The van der Waals surface area contributed by atoms with Crippen LogP contribution in [0.1, 0.15) is 29.5 Å². The number of carbonyl (C=O) groups is 2. The maximum Gasteiger partial charge on any atom is 0.289 e. The number of benzene rings is 1. The van der Waals surface area contributed by atoms with Crippen LogP contribution in [0.5, 0.6) is 0 Å². The van der Waals surface area contributed by atoms with Crippen molar-refractivity contribution < 1.29 is 14.0 Å². The highest BCUT2D eigenvalue weighted by Gasteiger charge is 2.25. The van der Waals surface area contributed by atoms with Gasteiger partial charge in [-0.3, -0.25) is 14.6 Å². The first kappa shape index (κ1) is 26.0. The number of nitrogens with one attached hydrogen (secondary N) is 2. The molecule has 174 valence electrons. The average molecular weight is 574 g/mol. The van der Waals surface area contributed by atoms with E-state index in [1.54, 1.807) is 23.1 Å².